The first kappa shape index (κ1) is 14.5. The Morgan fingerprint density at radius 2 is 1.95 bits per heavy atom. The summed E-state index contributed by atoms with van der Waals surface area (Å²) in [7, 11) is 1.65. The van der Waals surface area contributed by atoms with Crippen LogP contribution in [-0.2, 0) is 0 Å². The maximum Gasteiger partial charge on any atom is 0.119 e. The second-order valence-corrected chi connectivity index (χ2v) is 5.81. The molecule has 0 aliphatic rings. The fourth-order valence-corrected chi connectivity index (χ4v) is 2.78. The van der Waals surface area contributed by atoms with Crippen molar-refractivity contribution in [3.63, 3.8) is 0 Å². The van der Waals surface area contributed by atoms with E-state index >= 15 is 0 Å². The lowest BCUT2D eigenvalue weighted by Crippen LogP contribution is -2.29. The van der Waals surface area contributed by atoms with Crippen LogP contribution in [0.25, 0.3) is 0 Å². The van der Waals surface area contributed by atoms with Gasteiger partial charge in [0.25, 0.3) is 0 Å². The monoisotopic (exact) mass is 384 g/mol. The minimum absolute atomic E-state index is 0.109. The molecule has 0 amide bonds. The van der Waals surface area contributed by atoms with Crippen molar-refractivity contribution in [1.82, 2.24) is 5.43 Å². The van der Waals surface area contributed by atoms with Crippen molar-refractivity contribution >= 4 is 31.9 Å². The molecule has 0 aliphatic heterocycles. The van der Waals surface area contributed by atoms with Crippen LogP contribution in [0.15, 0.2) is 51.4 Å². The van der Waals surface area contributed by atoms with E-state index in [9.17, 15) is 0 Å². The average molecular weight is 386 g/mol. The van der Waals surface area contributed by atoms with Gasteiger partial charge in [-0.15, -0.1) is 0 Å². The van der Waals surface area contributed by atoms with Gasteiger partial charge in [-0.05, 0) is 41.5 Å². The molecule has 1 unspecified atom stereocenters. The lowest BCUT2D eigenvalue weighted by atomic mass is 9.99. The van der Waals surface area contributed by atoms with Crippen molar-refractivity contribution in [2.45, 2.75) is 6.04 Å². The minimum atomic E-state index is -0.109. The molecule has 0 heterocycles. The van der Waals surface area contributed by atoms with Crippen LogP contribution < -0.4 is 16.0 Å². The zero-order valence-electron chi connectivity index (χ0n) is 10.4. The topological polar surface area (TPSA) is 47.3 Å². The Hall–Kier alpha value is -0.880. The molecule has 0 saturated heterocycles. The van der Waals surface area contributed by atoms with Crippen LogP contribution in [0.5, 0.6) is 5.75 Å². The van der Waals surface area contributed by atoms with Gasteiger partial charge in [-0.1, -0.05) is 44.0 Å². The molecule has 5 heteroatoms. The molecule has 0 aromatic heterocycles. The number of halogens is 2. The van der Waals surface area contributed by atoms with Gasteiger partial charge >= 0.3 is 0 Å². The number of nitrogens with two attached hydrogens (primary N) is 1. The Morgan fingerprint density at radius 1 is 1.16 bits per heavy atom. The van der Waals surface area contributed by atoms with Gasteiger partial charge in [-0.3, -0.25) is 5.84 Å². The van der Waals surface area contributed by atoms with Gasteiger partial charge in [-0.2, -0.15) is 0 Å². The third-order valence-corrected chi connectivity index (χ3v) is 4.08. The summed E-state index contributed by atoms with van der Waals surface area (Å²) < 4.78 is 7.26. The van der Waals surface area contributed by atoms with Gasteiger partial charge in [0.15, 0.2) is 0 Å². The molecule has 0 fully saturated rings. The van der Waals surface area contributed by atoms with Gasteiger partial charge in [0, 0.05) is 8.95 Å². The second kappa shape index (κ2) is 6.52. The maximum absolute atomic E-state index is 5.72. The van der Waals surface area contributed by atoms with E-state index in [1.807, 2.05) is 42.5 Å². The molecule has 2 rings (SSSR count). The number of hydrazine groups is 1. The minimum Gasteiger partial charge on any atom is -0.497 e. The van der Waals surface area contributed by atoms with Gasteiger partial charge in [0.1, 0.15) is 5.75 Å². The molecule has 2 aromatic carbocycles. The van der Waals surface area contributed by atoms with Crippen molar-refractivity contribution in [2.75, 3.05) is 7.11 Å². The number of benzene rings is 2. The van der Waals surface area contributed by atoms with Crippen LogP contribution in [0.3, 0.4) is 0 Å². The first-order chi connectivity index (χ1) is 9.15. The van der Waals surface area contributed by atoms with Gasteiger partial charge in [0.2, 0.25) is 0 Å². The van der Waals surface area contributed by atoms with Crippen molar-refractivity contribution in [2.24, 2.45) is 5.84 Å². The number of hydrogen-bond donors (Lipinski definition) is 2. The molecule has 0 radical (unpaired) electrons. The van der Waals surface area contributed by atoms with E-state index in [0.29, 0.717) is 0 Å². The van der Waals surface area contributed by atoms with E-state index in [0.717, 1.165) is 25.8 Å². The number of methoxy groups -OCH3 is 1. The lowest BCUT2D eigenvalue weighted by Gasteiger charge is -2.19. The molecule has 100 valence electrons. The van der Waals surface area contributed by atoms with Crippen LogP contribution in [0, 0.1) is 0 Å². The van der Waals surface area contributed by atoms with Crippen molar-refractivity contribution < 1.29 is 4.74 Å². The highest BCUT2D eigenvalue weighted by Gasteiger charge is 2.16. The van der Waals surface area contributed by atoms with Crippen LogP contribution in [-0.4, -0.2) is 7.11 Å². The molecular weight excluding hydrogens is 372 g/mol. The molecule has 0 aliphatic carbocycles. The third kappa shape index (κ3) is 3.36. The zero-order valence-corrected chi connectivity index (χ0v) is 13.5. The highest BCUT2D eigenvalue weighted by atomic mass is 79.9. The molecule has 0 spiro atoms. The summed E-state index contributed by atoms with van der Waals surface area (Å²) in [5, 5.41) is 0. The van der Waals surface area contributed by atoms with Gasteiger partial charge in [0.05, 0.1) is 13.2 Å². The number of ether oxygens (including phenoxy) is 1. The summed E-state index contributed by atoms with van der Waals surface area (Å²) in [5.74, 6) is 6.53. The maximum atomic E-state index is 5.72. The molecule has 1 atom stereocenters. The van der Waals surface area contributed by atoms with E-state index in [-0.39, 0.29) is 6.04 Å². The molecule has 3 nitrogen and oxygen atoms in total. The molecular formula is C14H14Br2N2O. The van der Waals surface area contributed by atoms with E-state index in [4.69, 9.17) is 10.6 Å². The summed E-state index contributed by atoms with van der Waals surface area (Å²) in [4.78, 5) is 0. The van der Waals surface area contributed by atoms with Crippen molar-refractivity contribution in [3.05, 3.63) is 62.5 Å². The highest BCUT2D eigenvalue weighted by molar-refractivity contribution is 9.11. The molecule has 0 saturated carbocycles. The van der Waals surface area contributed by atoms with Crippen LogP contribution >= 0.6 is 31.9 Å². The SMILES string of the molecule is COc1cccc(C(NN)c2cc(Br)ccc2Br)c1. The van der Waals surface area contributed by atoms with Crippen LogP contribution in [0.2, 0.25) is 0 Å². The molecule has 2 aromatic rings. The predicted octanol–water partition coefficient (Wildman–Crippen LogP) is 3.77. The van der Waals surface area contributed by atoms with Crippen LogP contribution in [0.1, 0.15) is 17.2 Å². The quantitative estimate of drug-likeness (QED) is 0.622. The first-order valence-corrected chi connectivity index (χ1v) is 7.29. The number of hydrogen-bond acceptors (Lipinski definition) is 3. The summed E-state index contributed by atoms with van der Waals surface area (Å²) >= 11 is 7.04. The van der Waals surface area contributed by atoms with Gasteiger partial charge in [-0.25, -0.2) is 5.43 Å². The summed E-state index contributed by atoms with van der Waals surface area (Å²) in [5.41, 5.74) is 4.95. The Bertz CT molecular complexity index is 575. The smallest absolute Gasteiger partial charge is 0.119 e. The predicted molar refractivity (Wildman–Crippen MR) is 84.0 cm³/mol. The Labute approximate surface area is 129 Å². The molecule has 3 N–H and O–H groups in total. The van der Waals surface area contributed by atoms with Crippen molar-refractivity contribution in [3.8, 4) is 5.75 Å². The Kier molecular flexibility index (Phi) is 4.99. The highest BCUT2D eigenvalue weighted by Crippen LogP contribution is 2.31. The van der Waals surface area contributed by atoms with E-state index in [1.54, 1.807) is 7.11 Å². The number of rotatable bonds is 4. The van der Waals surface area contributed by atoms with Crippen LogP contribution in [0.4, 0.5) is 0 Å². The van der Waals surface area contributed by atoms with E-state index in [1.165, 1.54) is 0 Å². The molecule has 0 bridgehead atoms. The lowest BCUT2D eigenvalue weighted by molar-refractivity contribution is 0.413. The normalized spacial score (nSPS) is 12.2. The van der Waals surface area contributed by atoms with E-state index in [2.05, 4.69) is 37.3 Å². The zero-order chi connectivity index (χ0) is 13.8. The summed E-state index contributed by atoms with van der Waals surface area (Å²) in [6.45, 7) is 0. The Balaban J connectivity index is 2.46. The average Bonchev–Trinajstić information content (AvgIpc) is 2.44. The summed E-state index contributed by atoms with van der Waals surface area (Å²) in [6, 6.07) is 13.7. The van der Waals surface area contributed by atoms with Gasteiger partial charge < -0.3 is 4.74 Å². The summed E-state index contributed by atoms with van der Waals surface area (Å²) in [6.07, 6.45) is 0. The van der Waals surface area contributed by atoms with Crippen molar-refractivity contribution in [1.29, 1.82) is 0 Å². The number of nitrogens with one attached hydrogen (secondary N) is 1. The first-order valence-electron chi connectivity index (χ1n) is 5.70. The largest absolute Gasteiger partial charge is 0.497 e. The fraction of sp³-hybridized carbons (Fsp3) is 0.143. The third-order valence-electron chi connectivity index (χ3n) is 2.86. The second-order valence-electron chi connectivity index (χ2n) is 4.04. The van der Waals surface area contributed by atoms with E-state index < -0.39 is 0 Å². The molecule has 19 heavy (non-hydrogen) atoms. The fourth-order valence-electron chi connectivity index (χ4n) is 1.92. The Morgan fingerprint density at radius 3 is 2.63 bits per heavy atom. The standard InChI is InChI=1S/C14H14Br2N2O/c1-19-11-4-2-3-9(7-11)14(18-17)12-8-10(15)5-6-13(12)16/h2-8,14,18H,17H2,1H3.